The van der Waals surface area contributed by atoms with Crippen molar-refractivity contribution in [1.29, 1.82) is 0 Å². The van der Waals surface area contributed by atoms with Gasteiger partial charge in [0, 0.05) is 17.7 Å². The number of carbonyl (C=O) groups is 1. The number of carbonyl (C=O) groups excluding carboxylic acids is 1. The number of hydrogen-bond acceptors (Lipinski definition) is 5. The van der Waals surface area contributed by atoms with E-state index in [1.165, 1.54) is 26.2 Å². The third-order valence-electron chi connectivity index (χ3n) is 7.37. The first-order valence-corrected chi connectivity index (χ1v) is 9.93. The summed E-state index contributed by atoms with van der Waals surface area (Å²) < 4.78 is 0. The molecule has 8 heteroatoms. The minimum Gasteiger partial charge on any atom is -0.349 e. The summed E-state index contributed by atoms with van der Waals surface area (Å²) >= 11 is 0. The van der Waals surface area contributed by atoms with Crippen LogP contribution in [0.1, 0.15) is 61.4 Å². The van der Waals surface area contributed by atoms with Gasteiger partial charge in [-0.3, -0.25) is 25.0 Å². The molecule has 1 unspecified atom stereocenters. The van der Waals surface area contributed by atoms with Crippen molar-refractivity contribution >= 4 is 17.3 Å². The van der Waals surface area contributed by atoms with Gasteiger partial charge >= 0.3 is 0 Å². The zero-order valence-electron chi connectivity index (χ0n) is 16.1. The van der Waals surface area contributed by atoms with Crippen LogP contribution in [0.2, 0.25) is 0 Å². The standard InChI is InChI=1S/C20H25N3O5/c1-11-17(6-16(22(25)26)7-18(11)23(27)28)19(24)21-12(2)20-8-13-3-14(9-20)5-15(4-13)10-20/h6-7,12-15H,3-5,8-10H2,1-2H3,(H,21,24). The number of benzene rings is 1. The predicted molar refractivity (Wildman–Crippen MR) is 102 cm³/mol. The summed E-state index contributed by atoms with van der Waals surface area (Å²) in [7, 11) is 0. The molecule has 1 aromatic carbocycles. The molecular weight excluding hydrogens is 362 g/mol. The maximum Gasteiger partial charge on any atom is 0.279 e. The van der Waals surface area contributed by atoms with Gasteiger partial charge in [0.25, 0.3) is 17.3 Å². The summed E-state index contributed by atoms with van der Waals surface area (Å²) in [5.74, 6) is 1.76. The molecule has 8 nitrogen and oxygen atoms in total. The second kappa shape index (κ2) is 6.53. The number of rotatable bonds is 5. The molecule has 0 spiro atoms. The molecule has 0 saturated heterocycles. The van der Waals surface area contributed by atoms with Crippen LogP contribution in [0.15, 0.2) is 12.1 Å². The van der Waals surface area contributed by atoms with Crippen LogP contribution in [0.5, 0.6) is 0 Å². The Hall–Kier alpha value is -2.51. The lowest BCUT2D eigenvalue weighted by atomic mass is 9.48. The zero-order chi connectivity index (χ0) is 20.2. The van der Waals surface area contributed by atoms with Crippen molar-refractivity contribution in [2.45, 2.75) is 58.4 Å². The number of nitro groups is 2. The fraction of sp³-hybridized carbons (Fsp3) is 0.650. The first-order valence-electron chi connectivity index (χ1n) is 9.93. The van der Waals surface area contributed by atoms with Crippen LogP contribution < -0.4 is 5.32 Å². The van der Waals surface area contributed by atoms with Gasteiger partial charge in [-0.15, -0.1) is 0 Å². The molecule has 4 bridgehead atoms. The van der Waals surface area contributed by atoms with E-state index in [0.29, 0.717) is 0 Å². The monoisotopic (exact) mass is 387 g/mol. The molecule has 1 aromatic rings. The molecule has 1 amide bonds. The molecule has 4 fully saturated rings. The molecule has 0 heterocycles. The molecule has 1 N–H and O–H groups in total. The summed E-state index contributed by atoms with van der Waals surface area (Å²) in [4.78, 5) is 34.0. The van der Waals surface area contributed by atoms with Crippen LogP contribution in [0.25, 0.3) is 0 Å². The van der Waals surface area contributed by atoms with Gasteiger partial charge in [-0.1, -0.05) is 0 Å². The predicted octanol–water partition coefficient (Wildman–Crippen LogP) is 4.15. The van der Waals surface area contributed by atoms with Crippen LogP contribution in [-0.2, 0) is 0 Å². The Balaban J connectivity index is 1.60. The highest BCUT2D eigenvalue weighted by molar-refractivity contribution is 5.97. The number of nitro benzene ring substituents is 2. The van der Waals surface area contributed by atoms with Gasteiger partial charge in [-0.25, -0.2) is 0 Å². The van der Waals surface area contributed by atoms with Crippen LogP contribution in [0.3, 0.4) is 0 Å². The normalized spacial score (nSPS) is 31.4. The number of non-ortho nitro benzene ring substituents is 1. The maximum absolute atomic E-state index is 13.0. The van der Waals surface area contributed by atoms with Crippen LogP contribution in [0, 0.1) is 50.3 Å². The van der Waals surface area contributed by atoms with E-state index in [2.05, 4.69) is 5.32 Å². The summed E-state index contributed by atoms with van der Waals surface area (Å²) in [5, 5.41) is 25.5. The van der Waals surface area contributed by atoms with Crippen molar-refractivity contribution < 1.29 is 14.6 Å². The highest BCUT2D eigenvalue weighted by atomic mass is 16.6. The molecule has 4 aliphatic carbocycles. The number of amides is 1. The third-order valence-corrected chi connectivity index (χ3v) is 7.37. The lowest BCUT2D eigenvalue weighted by molar-refractivity contribution is -0.394. The Morgan fingerprint density at radius 2 is 1.61 bits per heavy atom. The van der Waals surface area contributed by atoms with Crippen molar-refractivity contribution in [2.24, 2.45) is 23.2 Å². The van der Waals surface area contributed by atoms with Crippen molar-refractivity contribution in [1.82, 2.24) is 5.32 Å². The van der Waals surface area contributed by atoms with Crippen molar-refractivity contribution in [3.05, 3.63) is 43.5 Å². The fourth-order valence-corrected chi connectivity index (χ4v) is 6.35. The molecule has 150 valence electrons. The molecule has 0 radical (unpaired) electrons. The van der Waals surface area contributed by atoms with Crippen LogP contribution >= 0.6 is 0 Å². The minimum atomic E-state index is -0.703. The molecular formula is C20H25N3O5. The van der Waals surface area contributed by atoms with E-state index in [1.807, 2.05) is 6.92 Å². The molecule has 5 rings (SSSR count). The van der Waals surface area contributed by atoms with Gasteiger partial charge in [0.1, 0.15) is 0 Å². The van der Waals surface area contributed by atoms with E-state index in [-0.39, 0.29) is 22.6 Å². The summed E-state index contributed by atoms with van der Waals surface area (Å²) in [6.45, 7) is 3.48. The molecule has 1 atom stereocenters. The van der Waals surface area contributed by atoms with E-state index >= 15 is 0 Å². The van der Waals surface area contributed by atoms with Gasteiger partial charge < -0.3 is 5.32 Å². The highest BCUT2D eigenvalue weighted by Crippen LogP contribution is 2.61. The molecule has 0 aliphatic heterocycles. The van der Waals surface area contributed by atoms with Gasteiger partial charge in [0.2, 0.25) is 0 Å². The average Bonchev–Trinajstić information content (AvgIpc) is 2.60. The van der Waals surface area contributed by atoms with E-state index in [0.717, 1.165) is 49.1 Å². The van der Waals surface area contributed by atoms with Crippen molar-refractivity contribution in [3.63, 3.8) is 0 Å². The minimum absolute atomic E-state index is 0.0116. The lowest BCUT2D eigenvalue weighted by Crippen LogP contribution is -2.55. The van der Waals surface area contributed by atoms with Gasteiger partial charge in [0.15, 0.2) is 0 Å². The largest absolute Gasteiger partial charge is 0.349 e. The van der Waals surface area contributed by atoms with Gasteiger partial charge in [-0.2, -0.15) is 0 Å². The summed E-state index contributed by atoms with van der Waals surface area (Å²) in [6.07, 6.45) is 7.26. The molecule has 28 heavy (non-hydrogen) atoms. The Morgan fingerprint density at radius 3 is 2.07 bits per heavy atom. The average molecular weight is 387 g/mol. The zero-order valence-corrected chi connectivity index (χ0v) is 16.1. The van der Waals surface area contributed by atoms with Crippen molar-refractivity contribution in [2.75, 3.05) is 0 Å². The Labute approximate surface area is 163 Å². The number of hydrogen-bond donors (Lipinski definition) is 1. The van der Waals surface area contributed by atoms with Gasteiger partial charge in [-0.05, 0) is 75.5 Å². The van der Waals surface area contributed by atoms with Crippen LogP contribution in [-0.4, -0.2) is 21.8 Å². The Morgan fingerprint density at radius 1 is 1.07 bits per heavy atom. The quantitative estimate of drug-likeness (QED) is 0.602. The summed E-state index contributed by atoms with van der Waals surface area (Å²) in [5.41, 5.74) is -0.583. The number of nitrogens with zero attached hydrogens (tertiary/aromatic N) is 2. The van der Waals surface area contributed by atoms with Crippen molar-refractivity contribution in [3.8, 4) is 0 Å². The second-order valence-electron chi connectivity index (χ2n) is 9.13. The number of nitrogens with one attached hydrogen (secondary N) is 1. The Kier molecular flexibility index (Phi) is 4.39. The first-order chi connectivity index (χ1) is 13.2. The fourth-order valence-electron chi connectivity index (χ4n) is 6.35. The van der Waals surface area contributed by atoms with E-state index in [4.69, 9.17) is 0 Å². The van der Waals surface area contributed by atoms with E-state index in [1.54, 1.807) is 0 Å². The maximum atomic E-state index is 13.0. The van der Waals surface area contributed by atoms with Crippen LogP contribution in [0.4, 0.5) is 11.4 Å². The SMILES string of the molecule is Cc1c(C(=O)NC(C)C23CC4CC(CC(C4)C2)C3)cc([N+](=O)[O-])cc1[N+](=O)[O-]. The Bertz CT molecular complexity index is 830. The van der Waals surface area contributed by atoms with Gasteiger partial charge in [0.05, 0.1) is 21.5 Å². The highest BCUT2D eigenvalue weighted by Gasteiger charge is 2.53. The second-order valence-corrected chi connectivity index (χ2v) is 9.13. The first kappa shape index (κ1) is 18.8. The topological polar surface area (TPSA) is 115 Å². The molecule has 4 aliphatic rings. The van der Waals surface area contributed by atoms with E-state index < -0.39 is 27.1 Å². The van der Waals surface area contributed by atoms with E-state index in [9.17, 15) is 25.0 Å². The lowest BCUT2D eigenvalue weighted by Gasteiger charge is -2.59. The molecule has 0 aromatic heterocycles. The molecule has 4 saturated carbocycles. The summed E-state index contributed by atoms with van der Waals surface area (Å²) in [6, 6.07) is 1.99. The third kappa shape index (κ3) is 3.04. The smallest absolute Gasteiger partial charge is 0.279 e.